The summed E-state index contributed by atoms with van der Waals surface area (Å²) in [5.41, 5.74) is 10.4. The molecular weight excluding hydrogens is 370 g/mol. The molecule has 0 aliphatic heterocycles. The zero-order valence-electron chi connectivity index (χ0n) is 13.2. The van der Waals surface area contributed by atoms with Crippen molar-refractivity contribution in [2.75, 3.05) is 13.1 Å². The number of carbonyl (C=O) groups is 2. The Morgan fingerprint density at radius 2 is 1.00 bits per heavy atom. The fourth-order valence-corrected chi connectivity index (χ4v) is 1.19. The zero-order valence-corrected chi connectivity index (χ0v) is 14.0. The fourth-order valence-electron chi connectivity index (χ4n) is 1.19. The van der Waals surface area contributed by atoms with Crippen LogP contribution in [0.3, 0.4) is 0 Å². The average Bonchev–Trinajstić information content (AvgIpc) is 2.38. The summed E-state index contributed by atoms with van der Waals surface area (Å²) in [4.78, 5) is 19.9. The van der Waals surface area contributed by atoms with Gasteiger partial charge < -0.3 is 21.7 Å². The van der Waals surface area contributed by atoms with Crippen molar-refractivity contribution in [2.45, 2.75) is 51.4 Å². The molecule has 24 heavy (non-hydrogen) atoms. The minimum atomic E-state index is -4.17. The molecule has 0 aromatic heterocycles. The first-order valence-corrected chi connectivity index (χ1v) is 8.63. The molecule has 0 radical (unpaired) electrons. The Morgan fingerprint density at radius 3 is 1.17 bits per heavy atom. The first-order valence-electron chi connectivity index (χ1n) is 7.13. The standard InChI is InChI=1S/2C6H13NO2.Ca.H3NO3S.2H/c2*7-5-3-1-2-4-6(8)9;;1-5(2,3)4;;/h2*1-5,7H2,(H,8,9);;(H3,1,2,3,4);;. The van der Waals surface area contributed by atoms with Crippen LogP contribution >= 0.6 is 0 Å². The van der Waals surface area contributed by atoms with Gasteiger partial charge in [0.2, 0.25) is 0 Å². The van der Waals surface area contributed by atoms with Gasteiger partial charge in [-0.15, -0.1) is 0 Å². The summed E-state index contributed by atoms with van der Waals surface area (Å²) < 4.78 is 25.2. The Kier molecular flexibility index (Phi) is 30.4. The van der Waals surface area contributed by atoms with Gasteiger partial charge in [-0.1, -0.05) is 12.8 Å². The Hall–Kier alpha value is -0.0103. The molecule has 9 N–H and O–H groups in total. The van der Waals surface area contributed by atoms with Gasteiger partial charge in [0.1, 0.15) is 0 Å². The monoisotopic (exact) mass is 401 g/mol. The number of unbranched alkanes of at least 4 members (excludes halogenated alkanes) is 4. The predicted molar refractivity (Wildman–Crippen MR) is 94.6 cm³/mol. The molecule has 0 saturated heterocycles. The summed E-state index contributed by atoms with van der Waals surface area (Å²) in [6.45, 7) is 1.33. The van der Waals surface area contributed by atoms with E-state index in [1.165, 1.54) is 0 Å². The summed E-state index contributed by atoms with van der Waals surface area (Å²) >= 11 is 0. The van der Waals surface area contributed by atoms with Crippen LogP contribution in [0, 0.1) is 0 Å². The van der Waals surface area contributed by atoms with Crippen molar-refractivity contribution in [1.82, 2.24) is 0 Å². The van der Waals surface area contributed by atoms with E-state index >= 15 is 0 Å². The molecule has 0 aromatic rings. The van der Waals surface area contributed by atoms with Crippen LogP contribution in [0.2, 0.25) is 0 Å². The molecule has 0 bridgehead atoms. The molecule has 0 heterocycles. The first kappa shape index (κ1) is 31.7. The summed E-state index contributed by atoms with van der Waals surface area (Å²) in [5.74, 6) is -1.43. The van der Waals surface area contributed by atoms with E-state index in [4.69, 9.17) is 34.7 Å². The van der Waals surface area contributed by atoms with Crippen molar-refractivity contribution in [3.8, 4) is 0 Å². The Balaban J connectivity index is -0.000000128. The maximum absolute atomic E-state index is 9.93. The third kappa shape index (κ3) is 67.4. The van der Waals surface area contributed by atoms with Crippen LogP contribution in [0.25, 0.3) is 0 Å². The van der Waals surface area contributed by atoms with Gasteiger partial charge in [0.25, 0.3) is 0 Å². The van der Waals surface area contributed by atoms with E-state index in [9.17, 15) is 9.59 Å². The molecule has 0 fully saturated rings. The van der Waals surface area contributed by atoms with E-state index in [0.717, 1.165) is 38.5 Å². The maximum atomic E-state index is 9.93. The molecule has 0 saturated carbocycles. The number of hydrogen-bond donors (Lipinski definition) is 6. The van der Waals surface area contributed by atoms with Gasteiger partial charge in [0.15, 0.2) is 0 Å². The molecule has 0 unspecified atom stereocenters. The van der Waals surface area contributed by atoms with Crippen LogP contribution < -0.4 is 16.6 Å². The molecule has 0 aliphatic carbocycles. The molecule has 0 atom stereocenters. The molecule has 0 amide bonds. The van der Waals surface area contributed by atoms with Gasteiger partial charge in [0.05, 0.1) is 0 Å². The molecule has 0 spiro atoms. The van der Waals surface area contributed by atoms with Crippen LogP contribution in [0.1, 0.15) is 51.4 Å². The third-order valence-electron chi connectivity index (χ3n) is 2.19. The molecule has 12 heteroatoms. The van der Waals surface area contributed by atoms with Gasteiger partial charge in [-0.2, -0.15) is 8.42 Å². The topological polar surface area (TPSA) is 207 Å². The minimum absolute atomic E-state index is 0. The number of aliphatic carboxylic acids is 2. The van der Waals surface area contributed by atoms with Gasteiger partial charge >= 0.3 is 60.0 Å². The number of carboxylic acid groups (broad SMARTS) is 2. The SMILES string of the molecule is NCCCCCC(=O)O.NCCCCCC(=O)O.NS(=O)(=O)O.[CaH2]. The normalized spacial score (nSPS) is 9.50. The Labute approximate surface area is 173 Å². The van der Waals surface area contributed by atoms with Gasteiger partial charge in [-0.3, -0.25) is 14.1 Å². The van der Waals surface area contributed by atoms with Gasteiger partial charge in [0, 0.05) is 12.8 Å². The predicted octanol–water partition coefficient (Wildman–Crippen LogP) is -0.988. The summed E-state index contributed by atoms with van der Waals surface area (Å²) in [6.07, 6.45) is 5.81. The number of carboxylic acids is 2. The van der Waals surface area contributed by atoms with Gasteiger partial charge in [-0.25, -0.2) is 5.14 Å². The van der Waals surface area contributed by atoms with Crippen molar-refractivity contribution in [3.63, 3.8) is 0 Å². The zero-order chi connectivity index (χ0) is 18.7. The second-order valence-corrected chi connectivity index (χ2v) is 5.53. The van der Waals surface area contributed by atoms with Crippen molar-refractivity contribution in [3.05, 3.63) is 0 Å². The molecule has 10 nitrogen and oxygen atoms in total. The Bertz CT molecular complexity index is 364. The molecule has 0 aliphatic rings. The van der Waals surface area contributed by atoms with Crippen molar-refractivity contribution in [2.24, 2.45) is 16.6 Å². The van der Waals surface area contributed by atoms with Crippen LogP contribution in [0.4, 0.5) is 0 Å². The van der Waals surface area contributed by atoms with E-state index in [1.807, 2.05) is 0 Å². The Morgan fingerprint density at radius 1 is 0.750 bits per heavy atom. The van der Waals surface area contributed by atoms with Crippen LogP contribution in [0.5, 0.6) is 0 Å². The number of hydrogen-bond acceptors (Lipinski definition) is 6. The molecular formula is C12H31CaN3O7S. The van der Waals surface area contributed by atoms with E-state index in [2.05, 4.69) is 5.14 Å². The fraction of sp³-hybridized carbons (Fsp3) is 0.833. The summed E-state index contributed by atoms with van der Waals surface area (Å²) in [6, 6.07) is 0. The van der Waals surface area contributed by atoms with E-state index in [1.54, 1.807) is 0 Å². The van der Waals surface area contributed by atoms with Crippen molar-refractivity contribution >= 4 is 60.0 Å². The van der Waals surface area contributed by atoms with E-state index < -0.39 is 22.2 Å². The molecule has 0 aromatic carbocycles. The van der Waals surface area contributed by atoms with Crippen LogP contribution in [0.15, 0.2) is 0 Å². The average molecular weight is 402 g/mol. The van der Waals surface area contributed by atoms with Gasteiger partial charge in [-0.05, 0) is 38.8 Å². The van der Waals surface area contributed by atoms with E-state index in [0.29, 0.717) is 13.1 Å². The number of nitrogens with two attached hydrogens (primary N) is 3. The third-order valence-corrected chi connectivity index (χ3v) is 2.19. The second-order valence-electron chi connectivity index (χ2n) is 4.50. The van der Waals surface area contributed by atoms with E-state index in [-0.39, 0.29) is 50.6 Å². The first-order chi connectivity index (χ1) is 10.5. The molecule has 144 valence electrons. The van der Waals surface area contributed by atoms with Crippen LogP contribution in [-0.2, 0) is 19.9 Å². The second kappa shape index (κ2) is 23.0. The van der Waals surface area contributed by atoms with Crippen molar-refractivity contribution in [1.29, 1.82) is 0 Å². The summed E-state index contributed by atoms with van der Waals surface area (Å²) in [5, 5.41) is 20.2. The van der Waals surface area contributed by atoms with Crippen molar-refractivity contribution < 1.29 is 32.8 Å². The molecule has 0 rings (SSSR count). The number of rotatable bonds is 10. The van der Waals surface area contributed by atoms with Crippen LogP contribution in [-0.4, -0.2) is 85.9 Å². The summed E-state index contributed by atoms with van der Waals surface area (Å²) in [7, 11) is -4.17. The quantitative estimate of drug-likeness (QED) is 0.151.